The van der Waals surface area contributed by atoms with Gasteiger partial charge in [-0.05, 0) is 12.2 Å². The maximum atomic E-state index is 5.24. The van der Waals surface area contributed by atoms with Gasteiger partial charge in [-0.25, -0.2) is 10.8 Å². The molecule has 0 bridgehead atoms. The van der Waals surface area contributed by atoms with Crippen molar-refractivity contribution in [1.29, 1.82) is 0 Å². The summed E-state index contributed by atoms with van der Waals surface area (Å²) in [6, 6.07) is 0. The van der Waals surface area contributed by atoms with Crippen molar-refractivity contribution in [3.63, 3.8) is 0 Å². The number of hydrazine groups is 1. The Morgan fingerprint density at radius 1 is 1.31 bits per heavy atom. The van der Waals surface area contributed by atoms with E-state index in [0.29, 0.717) is 5.13 Å². The predicted octanol–water partition coefficient (Wildman–Crippen LogP) is 0.362. The van der Waals surface area contributed by atoms with E-state index in [1.807, 2.05) is 12.2 Å². The lowest BCUT2D eigenvalue weighted by molar-refractivity contribution is 1.25. The molecule has 3 nitrogen and oxygen atoms in total. The van der Waals surface area contributed by atoms with Crippen molar-refractivity contribution in [1.82, 2.24) is 4.98 Å². The van der Waals surface area contributed by atoms with Crippen molar-refractivity contribution in [2.24, 2.45) is 5.84 Å². The van der Waals surface area contributed by atoms with Crippen LogP contribution in [0.15, 0.2) is 25.3 Å². The number of aromatic nitrogens is 1. The molecule has 1 aromatic heterocycles. The normalized spacial score (nSPS) is 13.0. The fourth-order valence-corrected chi connectivity index (χ4v) is 1.66. The molecule has 0 amide bonds. The molecule has 1 heterocycles. The minimum atomic E-state index is 0.682. The lowest BCUT2D eigenvalue weighted by Crippen LogP contribution is -2.20. The SMILES string of the molecule is C=C/C=c1/nc(NN)s/c1=C/C=C. The highest BCUT2D eigenvalue weighted by Gasteiger charge is 1.94. The van der Waals surface area contributed by atoms with E-state index in [1.165, 1.54) is 11.3 Å². The number of rotatable bonds is 3. The van der Waals surface area contributed by atoms with Crippen LogP contribution in [0.1, 0.15) is 0 Å². The summed E-state index contributed by atoms with van der Waals surface area (Å²) in [5.41, 5.74) is 2.50. The van der Waals surface area contributed by atoms with E-state index in [2.05, 4.69) is 23.6 Å². The Labute approximate surface area is 80.6 Å². The van der Waals surface area contributed by atoms with Gasteiger partial charge < -0.3 is 0 Å². The van der Waals surface area contributed by atoms with E-state index in [1.54, 1.807) is 12.2 Å². The Hall–Kier alpha value is -1.39. The number of nitrogens with one attached hydrogen (secondary N) is 1. The van der Waals surface area contributed by atoms with Gasteiger partial charge in [0.25, 0.3) is 0 Å². The second-order valence-electron chi connectivity index (χ2n) is 2.22. The molecule has 0 aromatic carbocycles. The number of nitrogens with zero attached hydrogens (tertiary/aromatic N) is 1. The minimum absolute atomic E-state index is 0.682. The molecule has 0 radical (unpaired) electrons. The van der Waals surface area contributed by atoms with E-state index in [0.717, 1.165) is 9.88 Å². The molecule has 1 aromatic rings. The third kappa shape index (κ3) is 2.27. The third-order valence-electron chi connectivity index (χ3n) is 1.35. The predicted molar refractivity (Wildman–Crippen MR) is 58.5 cm³/mol. The smallest absolute Gasteiger partial charge is 0.198 e. The Morgan fingerprint density at radius 3 is 2.54 bits per heavy atom. The van der Waals surface area contributed by atoms with Gasteiger partial charge in [0.1, 0.15) is 0 Å². The van der Waals surface area contributed by atoms with Crippen molar-refractivity contribution >= 4 is 28.6 Å². The third-order valence-corrected chi connectivity index (χ3v) is 2.32. The summed E-state index contributed by atoms with van der Waals surface area (Å²) >= 11 is 1.47. The molecule has 0 fully saturated rings. The van der Waals surface area contributed by atoms with E-state index >= 15 is 0 Å². The van der Waals surface area contributed by atoms with Crippen molar-refractivity contribution in [3.05, 3.63) is 35.2 Å². The highest BCUT2D eigenvalue weighted by atomic mass is 32.1. The second-order valence-corrected chi connectivity index (χ2v) is 3.25. The van der Waals surface area contributed by atoms with Crippen molar-refractivity contribution in [3.8, 4) is 0 Å². The van der Waals surface area contributed by atoms with Crippen molar-refractivity contribution in [2.45, 2.75) is 0 Å². The number of thiazole rings is 1. The zero-order chi connectivity index (χ0) is 9.68. The van der Waals surface area contributed by atoms with Crippen molar-refractivity contribution in [2.75, 3.05) is 5.43 Å². The average Bonchev–Trinajstić information content (AvgIpc) is 2.50. The first-order valence-electron chi connectivity index (χ1n) is 3.70. The van der Waals surface area contributed by atoms with E-state index < -0.39 is 0 Å². The van der Waals surface area contributed by atoms with Crippen LogP contribution in [0.3, 0.4) is 0 Å². The van der Waals surface area contributed by atoms with Crippen LogP contribution in [0, 0.1) is 0 Å². The molecular formula is C9H11N3S. The Bertz CT molecular complexity index is 379. The molecule has 0 atom stereocenters. The largest absolute Gasteiger partial charge is 0.300 e. The monoisotopic (exact) mass is 193 g/mol. The Morgan fingerprint density at radius 2 is 2.00 bits per heavy atom. The molecule has 1 rings (SSSR count). The molecule has 0 saturated carbocycles. The summed E-state index contributed by atoms with van der Waals surface area (Å²) < 4.78 is 1.02. The molecule has 13 heavy (non-hydrogen) atoms. The lowest BCUT2D eigenvalue weighted by Gasteiger charge is -1.85. The maximum absolute atomic E-state index is 5.24. The summed E-state index contributed by atoms with van der Waals surface area (Å²) in [6.45, 7) is 7.23. The summed E-state index contributed by atoms with van der Waals surface area (Å²) in [6.07, 6.45) is 7.12. The standard InChI is InChI=1S/C9H11N3S/c1-3-5-7-8(6-4-2)13-9(11-7)12-10/h3-6H,1-2,10H2,(H,11,12)/b7-5+,8-6+. The van der Waals surface area contributed by atoms with Crippen LogP contribution < -0.4 is 21.1 Å². The minimum Gasteiger partial charge on any atom is -0.300 e. The maximum Gasteiger partial charge on any atom is 0.198 e. The molecule has 0 aliphatic carbocycles. The number of anilines is 1. The quantitative estimate of drug-likeness (QED) is 0.538. The first kappa shape index (κ1) is 9.70. The van der Waals surface area contributed by atoms with Gasteiger partial charge in [0.05, 0.1) is 9.88 Å². The fraction of sp³-hybridized carbons (Fsp3) is 0. The first-order chi connectivity index (χ1) is 6.31. The molecular weight excluding hydrogens is 182 g/mol. The number of hydrogen-bond acceptors (Lipinski definition) is 4. The summed E-state index contributed by atoms with van der Waals surface area (Å²) in [4.78, 5) is 4.21. The number of nitrogens with two attached hydrogens (primary N) is 1. The van der Waals surface area contributed by atoms with Crippen LogP contribution in [0.2, 0.25) is 0 Å². The van der Waals surface area contributed by atoms with Gasteiger partial charge in [-0.1, -0.05) is 36.6 Å². The fourth-order valence-electron chi connectivity index (χ4n) is 0.863. The molecule has 0 aliphatic rings. The molecule has 68 valence electrons. The van der Waals surface area contributed by atoms with Gasteiger partial charge in [-0.2, -0.15) is 0 Å². The van der Waals surface area contributed by atoms with Gasteiger partial charge >= 0.3 is 0 Å². The Kier molecular flexibility index (Phi) is 3.42. The van der Waals surface area contributed by atoms with Crippen LogP contribution in [-0.2, 0) is 0 Å². The summed E-state index contributed by atoms with van der Waals surface area (Å²) in [5.74, 6) is 5.24. The van der Waals surface area contributed by atoms with Crippen LogP contribution in [-0.4, -0.2) is 4.98 Å². The topological polar surface area (TPSA) is 50.9 Å². The van der Waals surface area contributed by atoms with Gasteiger partial charge in [0.2, 0.25) is 0 Å². The lowest BCUT2D eigenvalue weighted by atomic mass is 10.4. The number of allylic oxidation sites excluding steroid dienone is 2. The second kappa shape index (κ2) is 4.59. The molecule has 0 aliphatic heterocycles. The average molecular weight is 193 g/mol. The highest BCUT2D eigenvalue weighted by molar-refractivity contribution is 7.13. The van der Waals surface area contributed by atoms with Gasteiger partial charge in [-0.15, -0.1) is 0 Å². The Balaban J connectivity index is 3.40. The molecule has 0 saturated heterocycles. The van der Waals surface area contributed by atoms with E-state index in [-0.39, 0.29) is 0 Å². The van der Waals surface area contributed by atoms with E-state index in [9.17, 15) is 0 Å². The van der Waals surface area contributed by atoms with E-state index in [4.69, 9.17) is 5.84 Å². The summed E-state index contributed by atoms with van der Waals surface area (Å²) in [5, 5.41) is 1.54. The summed E-state index contributed by atoms with van der Waals surface area (Å²) in [7, 11) is 0. The molecule has 3 N–H and O–H groups in total. The molecule has 0 spiro atoms. The zero-order valence-corrected chi connectivity index (χ0v) is 7.97. The van der Waals surface area contributed by atoms with Crippen LogP contribution in [0.4, 0.5) is 5.13 Å². The number of nitrogen functional groups attached to an aromatic ring is 1. The molecule has 0 unspecified atom stereocenters. The van der Waals surface area contributed by atoms with Crippen LogP contribution in [0.25, 0.3) is 12.2 Å². The first-order valence-corrected chi connectivity index (χ1v) is 4.52. The molecule has 4 heteroatoms. The number of hydrogen-bond donors (Lipinski definition) is 2. The zero-order valence-electron chi connectivity index (χ0n) is 7.16. The van der Waals surface area contributed by atoms with Crippen LogP contribution >= 0.6 is 11.3 Å². The van der Waals surface area contributed by atoms with Gasteiger partial charge in [-0.3, -0.25) is 5.43 Å². The van der Waals surface area contributed by atoms with Crippen molar-refractivity contribution < 1.29 is 0 Å². The van der Waals surface area contributed by atoms with Crippen LogP contribution in [0.5, 0.6) is 0 Å². The van der Waals surface area contributed by atoms with Gasteiger partial charge in [0, 0.05) is 0 Å². The highest BCUT2D eigenvalue weighted by Crippen LogP contribution is 1.99. The van der Waals surface area contributed by atoms with Gasteiger partial charge in [0.15, 0.2) is 5.13 Å².